The van der Waals surface area contributed by atoms with Crippen molar-refractivity contribution < 1.29 is 13.2 Å². The van der Waals surface area contributed by atoms with Crippen LogP contribution in [0.5, 0.6) is 0 Å². The van der Waals surface area contributed by atoms with E-state index < -0.39 is 15.4 Å². The second-order valence-corrected chi connectivity index (χ2v) is 7.95. The van der Waals surface area contributed by atoms with Crippen LogP contribution < -0.4 is 15.4 Å². The lowest BCUT2D eigenvalue weighted by atomic mass is 9.75. The summed E-state index contributed by atoms with van der Waals surface area (Å²) in [5.74, 6) is -0.243. The number of benzene rings is 1. The van der Waals surface area contributed by atoms with Gasteiger partial charge in [-0.05, 0) is 31.2 Å². The van der Waals surface area contributed by atoms with Crippen molar-refractivity contribution in [3.05, 3.63) is 34.9 Å². The summed E-state index contributed by atoms with van der Waals surface area (Å²) < 4.78 is 24.9. The molecule has 1 aliphatic heterocycles. The highest BCUT2D eigenvalue weighted by atomic mass is 35.5. The van der Waals surface area contributed by atoms with Gasteiger partial charge in [-0.2, -0.15) is 0 Å². The highest BCUT2D eigenvalue weighted by molar-refractivity contribution is 7.89. The molecule has 1 heterocycles. The lowest BCUT2D eigenvalue weighted by Crippen LogP contribution is -2.62. The molecule has 0 bridgehead atoms. The molecule has 1 aromatic rings. The minimum Gasteiger partial charge on any atom is -0.354 e. The molecule has 0 spiro atoms. The van der Waals surface area contributed by atoms with Crippen molar-refractivity contribution in [2.75, 3.05) is 32.4 Å². The van der Waals surface area contributed by atoms with Gasteiger partial charge < -0.3 is 10.6 Å². The van der Waals surface area contributed by atoms with Crippen molar-refractivity contribution in [1.29, 1.82) is 0 Å². The quantitative estimate of drug-likeness (QED) is 0.656. The molecule has 22 heavy (non-hydrogen) atoms. The molecular formula is C14H20ClN3O3S. The second kappa shape index (κ2) is 6.95. The summed E-state index contributed by atoms with van der Waals surface area (Å²) in [6, 6.07) is 7.41. The summed E-state index contributed by atoms with van der Waals surface area (Å²) in [7, 11) is -1.95. The summed E-state index contributed by atoms with van der Waals surface area (Å²) in [6.45, 7) is 1.27. The second-order valence-electron chi connectivity index (χ2n) is 5.47. The fraction of sp³-hybridized carbons (Fsp3) is 0.500. The Kier molecular flexibility index (Phi) is 5.44. The highest BCUT2D eigenvalue weighted by Crippen LogP contribution is 2.28. The fourth-order valence-electron chi connectivity index (χ4n) is 2.37. The van der Waals surface area contributed by atoms with Gasteiger partial charge in [-0.25, -0.2) is 13.1 Å². The summed E-state index contributed by atoms with van der Waals surface area (Å²) in [5, 5.41) is 6.50. The largest absolute Gasteiger partial charge is 0.354 e. The Balaban J connectivity index is 1.95. The molecule has 0 radical (unpaired) electrons. The third-order valence-electron chi connectivity index (χ3n) is 3.83. The van der Waals surface area contributed by atoms with Gasteiger partial charge in [0.25, 0.3) is 0 Å². The monoisotopic (exact) mass is 345 g/mol. The Bertz CT molecular complexity index is 627. The topological polar surface area (TPSA) is 87.3 Å². The van der Waals surface area contributed by atoms with E-state index in [0.717, 1.165) is 5.56 Å². The molecule has 0 saturated carbocycles. The number of hydrogen-bond donors (Lipinski definition) is 3. The first-order valence-electron chi connectivity index (χ1n) is 7.02. The van der Waals surface area contributed by atoms with Crippen LogP contribution in [0.15, 0.2) is 24.3 Å². The van der Waals surface area contributed by atoms with Gasteiger partial charge in [0.1, 0.15) is 0 Å². The van der Waals surface area contributed by atoms with E-state index in [4.69, 9.17) is 11.6 Å². The van der Waals surface area contributed by atoms with Crippen molar-refractivity contribution in [1.82, 2.24) is 15.4 Å². The minimum absolute atomic E-state index is 0.102. The van der Waals surface area contributed by atoms with E-state index in [1.165, 1.54) is 7.05 Å². The van der Waals surface area contributed by atoms with Gasteiger partial charge >= 0.3 is 0 Å². The average Bonchev–Trinajstić information content (AvgIpc) is 2.44. The normalized spacial score (nSPS) is 16.8. The maximum absolute atomic E-state index is 12.4. The Morgan fingerprint density at radius 2 is 1.95 bits per heavy atom. The van der Waals surface area contributed by atoms with Crippen LogP contribution >= 0.6 is 11.6 Å². The standard InChI is InChI=1S/C14H20ClN3O3S/c1-16-22(20,21)7-6-18-13(19)14(9-17-10-14)8-11-2-4-12(15)5-3-11/h2-5,16-17H,6-10H2,1H3,(H,18,19). The highest BCUT2D eigenvalue weighted by Gasteiger charge is 2.44. The molecule has 1 aromatic carbocycles. The van der Waals surface area contributed by atoms with Crippen LogP contribution in [-0.2, 0) is 21.2 Å². The number of nitrogens with one attached hydrogen (secondary N) is 3. The Labute approximate surface area is 135 Å². The summed E-state index contributed by atoms with van der Waals surface area (Å²) in [6.07, 6.45) is 0.599. The average molecular weight is 346 g/mol. The van der Waals surface area contributed by atoms with Crippen molar-refractivity contribution >= 4 is 27.5 Å². The van der Waals surface area contributed by atoms with Gasteiger partial charge in [0.15, 0.2) is 0 Å². The zero-order valence-corrected chi connectivity index (χ0v) is 13.9. The number of halogens is 1. The number of rotatable bonds is 7. The predicted octanol–water partition coefficient (Wildman–Crippen LogP) is 0.138. The third kappa shape index (κ3) is 4.19. The summed E-state index contributed by atoms with van der Waals surface area (Å²) >= 11 is 5.86. The van der Waals surface area contributed by atoms with E-state index >= 15 is 0 Å². The zero-order chi connectivity index (χ0) is 16.2. The number of hydrogen-bond acceptors (Lipinski definition) is 4. The van der Waals surface area contributed by atoms with Crippen molar-refractivity contribution in [3.63, 3.8) is 0 Å². The minimum atomic E-state index is -3.31. The molecule has 8 heteroatoms. The van der Waals surface area contributed by atoms with Gasteiger partial charge in [0.05, 0.1) is 11.2 Å². The predicted molar refractivity (Wildman–Crippen MR) is 86.3 cm³/mol. The first-order valence-corrected chi connectivity index (χ1v) is 9.05. The third-order valence-corrected chi connectivity index (χ3v) is 5.45. The molecule has 0 aromatic heterocycles. The molecule has 1 saturated heterocycles. The molecule has 1 aliphatic rings. The van der Waals surface area contributed by atoms with Crippen molar-refractivity contribution in [3.8, 4) is 0 Å². The molecule has 0 unspecified atom stereocenters. The van der Waals surface area contributed by atoms with Gasteiger partial charge in [-0.1, -0.05) is 23.7 Å². The lowest BCUT2D eigenvalue weighted by molar-refractivity contribution is -0.133. The summed E-state index contributed by atoms with van der Waals surface area (Å²) in [5.41, 5.74) is 0.515. The molecule has 122 valence electrons. The maximum Gasteiger partial charge on any atom is 0.229 e. The molecular weight excluding hydrogens is 326 g/mol. The van der Waals surface area contributed by atoms with Gasteiger partial charge in [0, 0.05) is 24.7 Å². The van der Waals surface area contributed by atoms with Gasteiger partial charge in [-0.3, -0.25) is 4.79 Å². The van der Waals surface area contributed by atoms with Crippen LogP contribution in [0.4, 0.5) is 0 Å². The first kappa shape index (κ1) is 17.2. The van der Waals surface area contributed by atoms with Crippen LogP contribution in [-0.4, -0.2) is 46.8 Å². The van der Waals surface area contributed by atoms with Crippen molar-refractivity contribution in [2.24, 2.45) is 5.41 Å². The van der Waals surface area contributed by atoms with E-state index in [0.29, 0.717) is 24.5 Å². The number of carbonyl (C=O) groups excluding carboxylic acids is 1. The van der Waals surface area contributed by atoms with E-state index in [1.54, 1.807) is 12.1 Å². The smallest absolute Gasteiger partial charge is 0.229 e. The number of sulfonamides is 1. The molecule has 3 N–H and O–H groups in total. The Morgan fingerprint density at radius 3 is 2.45 bits per heavy atom. The van der Waals surface area contributed by atoms with Crippen LogP contribution in [0.25, 0.3) is 0 Å². The molecule has 0 aliphatic carbocycles. The van der Waals surface area contributed by atoms with Crippen LogP contribution in [0.2, 0.25) is 5.02 Å². The molecule has 1 amide bonds. The van der Waals surface area contributed by atoms with Crippen LogP contribution in [0.3, 0.4) is 0 Å². The lowest BCUT2D eigenvalue weighted by Gasteiger charge is -2.41. The summed E-state index contributed by atoms with van der Waals surface area (Å²) in [4.78, 5) is 12.4. The molecule has 0 atom stereocenters. The van der Waals surface area contributed by atoms with Gasteiger partial charge in [-0.15, -0.1) is 0 Å². The van der Waals surface area contributed by atoms with E-state index in [1.807, 2.05) is 12.1 Å². The van der Waals surface area contributed by atoms with Crippen molar-refractivity contribution in [2.45, 2.75) is 6.42 Å². The number of amides is 1. The number of carbonyl (C=O) groups is 1. The van der Waals surface area contributed by atoms with E-state index in [9.17, 15) is 13.2 Å². The van der Waals surface area contributed by atoms with E-state index in [2.05, 4.69) is 15.4 Å². The van der Waals surface area contributed by atoms with Gasteiger partial charge in [0.2, 0.25) is 15.9 Å². The zero-order valence-electron chi connectivity index (χ0n) is 12.4. The fourth-order valence-corrected chi connectivity index (χ4v) is 3.07. The maximum atomic E-state index is 12.4. The Morgan fingerprint density at radius 1 is 1.32 bits per heavy atom. The Hall–Kier alpha value is -1.15. The van der Waals surface area contributed by atoms with Crippen LogP contribution in [0.1, 0.15) is 5.56 Å². The van der Waals surface area contributed by atoms with E-state index in [-0.39, 0.29) is 18.2 Å². The molecule has 2 rings (SSSR count). The first-order chi connectivity index (χ1) is 10.4. The van der Waals surface area contributed by atoms with Crippen LogP contribution in [0, 0.1) is 5.41 Å². The molecule has 1 fully saturated rings. The SMILES string of the molecule is CNS(=O)(=O)CCNC(=O)C1(Cc2ccc(Cl)cc2)CNC1. The molecule has 6 nitrogen and oxygen atoms in total.